The van der Waals surface area contributed by atoms with Crippen LogP contribution in [-0.4, -0.2) is 223 Å². The third kappa shape index (κ3) is 22.6. The Hall–Kier alpha value is -6.29. The Balaban J connectivity index is 1.01. The van der Waals surface area contributed by atoms with Crippen LogP contribution in [0.4, 0.5) is 8.78 Å². The van der Waals surface area contributed by atoms with E-state index in [1.54, 1.807) is 0 Å². The third-order valence-electron chi connectivity index (χ3n) is 21.2. The number of aliphatic carboxylic acids is 1. The maximum absolute atomic E-state index is 15.2. The number of hydrogen-bond donors (Lipinski definition) is 16. The van der Waals surface area contributed by atoms with Gasteiger partial charge in [-0.2, -0.15) is 23.5 Å². The van der Waals surface area contributed by atoms with Crippen molar-refractivity contribution in [1.29, 1.82) is 0 Å². The van der Waals surface area contributed by atoms with Crippen LogP contribution in [0.25, 0.3) is 0 Å². The molecule has 9 rings (SSSR count). The van der Waals surface area contributed by atoms with Gasteiger partial charge < -0.3 is 90.4 Å². The number of nitrogens with zero attached hydrogens (tertiary/aromatic N) is 1. The highest BCUT2D eigenvalue weighted by Crippen LogP contribution is 2.40. The van der Waals surface area contributed by atoms with Gasteiger partial charge in [-0.05, 0) is 176 Å². The minimum atomic E-state index is -1.90. The summed E-state index contributed by atoms with van der Waals surface area (Å²) in [6.07, 6.45) is 1.52. The first-order valence-electron chi connectivity index (χ1n) is 35.6. The van der Waals surface area contributed by atoms with Crippen LogP contribution in [0.5, 0.6) is 0 Å². The Bertz CT molecular complexity index is 2990. The number of amides is 10. The molecule has 0 radical (unpaired) electrons. The van der Waals surface area contributed by atoms with Crippen molar-refractivity contribution in [2.75, 3.05) is 57.4 Å². The predicted octanol–water partition coefficient (Wildman–Crippen LogP) is -1.16. The van der Waals surface area contributed by atoms with Crippen molar-refractivity contribution >= 4 is 88.6 Å². The number of alkyl halides is 2. The zero-order valence-corrected chi connectivity index (χ0v) is 57.9. The van der Waals surface area contributed by atoms with E-state index in [1.165, 1.54) is 28.4 Å². The first-order valence-corrected chi connectivity index (χ1v) is 37.9. The fraction of sp³-hybridized carbons (Fsp3) is 0.746. The van der Waals surface area contributed by atoms with Crippen LogP contribution in [0, 0.1) is 29.6 Å². The number of carboxylic acids is 1. The second-order valence-corrected chi connectivity index (χ2v) is 30.5. The van der Waals surface area contributed by atoms with E-state index in [-0.39, 0.29) is 106 Å². The molecule has 8 aliphatic rings. The molecule has 17 atom stereocenters. The summed E-state index contributed by atoms with van der Waals surface area (Å²) in [6, 6.07) is -3.73. The van der Waals surface area contributed by atoms with Gasteiger partial charge in [0.05, 0.1) is 19.1 Å². The summed E-state index contributed by atoms with van der Waals surface area (Å²) in [5.74, 6) is -9.26. The largest absolute Gasteiger partial charge is 0.481 e. The Morgan fingerprint density at radius 3 is 1.78 bits per heavy atom. The van der Waals surface area contributed by atoms with Gasteiger partial charge in [0.15, 0.2) is 0 Å². The second-order valence-electron chi connectivity index (χ2n) is 28.4. The summed E-state index contributed by atoms with van der Waals surface area (Å²) in [6.45, 7) is 1.18. The number of nitrogens with two attached hydrogens (primary N) is 2. The van der Waals surface area contributed by atoms with Crippen molar-refractivity contribution < 1.29 is 71.7 Å². The van der Waals surface area contributed by atoms with Crippen molar-refractivity contribution in [3.63, 3.8) is 0 Å². The van der Waals surface area contributed by atoms with E-state index in [4.69, 9.17) is 11.5 Å². The van der Waals surface area contributed by atoms with E-state index in [0.29, 0.717) is 114 Å². The zero-order valence-electron chi connectivity index (χ0n) is 56.3. The quantitative estimate of drug-likeness (QED) is 0.0921. The van der Waals surface area contributed by atoms with Crippen LogP contribution < -0.4 is 75.3 Å². The van der Waals surface area contributed by atoms with Crippen LogP contribution >= 0.6 is 23.5 Å². The molecule has 0 aromatic heterocycles. The van der Waals surface area contributed by atoms with E-state index in [1.807, 2.05) is 24.3 Å². The number of primary amides is 1. The van der Waals surface area contributed by atoms with Gasteiger partial charge >= 0.3 is 5.97 Å². The van der Waals surface area contributed by atoms with E-state index in [9.17, 15) is 53.4 Å². The van der Waals surface area contributed by atoms with E-state index in [0.717, 1.165) is 11.1 Å². The number of hydrogen-bond acceptors (Lipinski definition) is 19. The normalized spacial score (nSPS) is 35.0. The van der Waals surface area contributed by atoms with Gasteiger partial charge in [0.25, 0.3) is 0 Å². The summed E-state index contributed by atoms with van der Waals surface area (Å²) in [4.78, 5) is 158. The molecule has 0 spiro atoms. The lowest BCUT2D eigenvalue weighted by molar-refractivity contribution is -0.151. The number of halogens is 2. The van der Waals surface area contributed by atoms with Crippen LogP contribution in [0.2, 0.25) is 0 Å². The molecule has 3 saturated carbocycles. The van der Waals surface area contributed by atoms with Crippen molar-refractivity contribution in [2.24, 2.45) is 41.1 Å². The van der Waals surface area contributed by atoms with Gasteiger partial charge in [-0.1, -0.05) is 24.3 Å². The standard InChI is InChI=1S/C67H103F2N15O13S2/c68-41-9-13-47-45(24-41)39(28-73-47)22-50-62(92)79-51(23-40-29-74-48-14-10-42(69)25-46(40)48)63(93)81-53(27-59(88)89)65(95)80-52(26-43-30-72-35-76-43)64(94)82-54(21-36-7-11-44(85)12-8-36)67(97)84-18-15-56(84)66(96)83-55(60(71)90)34-99-33-38-5-3-4-37(20-38)32-98-19-16-57(86)77-49(6-1-2-17-70)61(91)75-31-58(87)78-50/h3-5,20,36,39-56,72-74,76,85H,1-2,6-19,21-35,70H2,(H2,71,90)(H,75,91)(H,77,86)(H,78,87)(H,79,92)(H,80,95)(H,81,93)(H,82,94)(H,83,96)(H,88,89)/t36?,39?,40?,41?,42?,43?,44?,45?,46?,47?,48?,49-,50-,51-,52-,53-,54-,55-,56-/m0/s1. The Morgan fingerprint density at radius 1 is 0.606 bits per heavy atom. The molecule has 3 aliphatic carbocycles. The number of nitrogens with one attached hydrogen (secondary N) is 12. The molecule has 5 heterocycles. The SMILES string of the molecule is NCCCC[C@@H]1NC(=O)CCSCc2cccc(c2)CSC[C@@H](C(N)=O)NC(=O)[C@@H]2CCN2C(=O)[C@H](CC2CCC(O)CC2)NC(=O)[C@H](CC2CNCN2)NC(=O)[C@H](CC(=O)O)NC(=O)[C@H](CC2CNC3CCC(F)CC23)NC(=O)[C@H](CC2CNC3CCC(F)CC23)NC(=O)CNC1=O. The maximum Gasteiger partial charge on any atom is 0.305 e. The second kappa shape index (κ2) is 37.6. The highest BCUT2D eigenvalue weighted by atomic mass is 32.2. The average molecular weight is 1430 g/mol. The van der Waals surface area contributed by atoms with Gasteiger partial charge in [-0.3, -0.25) is 52.7 Å². The summed E-state index contributed by atoms with van der Waals surface area (Å²) >= 11 is 2.85. The Morgan fingerprint density at radius 2 is 1.19 bits per heavy atom. The lowest BCUT2D eigenvalue weighted by Gasteiger charge is -2.42. The highest BCUT2D eigenvalue weighted by Gasteiger charge is 2.47. The Kier molecular flexibility index (Phi) is 29.2. The molecule has 32 heteroatoms. The van der Waals surface area contributed by atoms with Crippen LogP contribution in [0.3, 0.4) is 0 Å². The van der Waals surface area contributed by atoms with Crippen molar-refractivity contribution in [1.82, 2.24) is 68.7 Å². The number of rotatable bonds is 15. The third-order valence-corrected chi connectivity index (χ3v) is 23.3. The van der Waals surface area contributed by atoms with Crippen molar-refractivity contribution in [2.45, 2.75) is 225 Å². The molecule has 28 nitrogen and oxygen atoms in total. The molecule has 18 N–H and O–H groups in total. The minimum Gasteiger partial charge on any atom is -0.481 e. The summed E-state index contributed by atoms with van der Waals surface area (Å²) in [7, 11) is 0. The first-order chi connectivity index (χ1) is 47.6. The smallest absolute Gasteiger partial charge is 0.305 e. The fourth-order valence-corrected chi connectivity index (χ4v) is 17.5. The molecule has 10 amide bonds. The van der Waals surface area contributed by atoms with Gasteiger partial charge in [-0.25, -0.2) is 8.78 Å². The summed E-state index contributed by atoms with van der Waals surface area (Å²) in [5, 5.41) is 55.9. The number of thioether (sulfide) groups is 2. The highest BCUT2D eigenvalue weighted by molar-refractivity contribution is 7.98. The molecule has 4 saturated heterocycles. The molecule has 550 valence electrons. The molecular weight excluding hydrogens is 1320 g/mol. The minimum absolute atomic E-state index is 0.0410. The lowest BCUT2D eigenvalue weighted by atomic mass is 9.76. The summed E-state index contributed by atoms with van der Waals surface area (Å²) < 4.78 is 30.4. The number of carbonyl (C=O) groups excluding carboxylic acids is 10. The van der Waals surface area contributed by atoms with Gasteiger partial charge in [-0.15, -0.1) is 0 Å². The molecule has 2 bridgehead atoms. The first kappa shape index (κ1) is 76.9. The number of aliphatic hydroxyl groups is 1. The number of fused-ring (bicyclic) bond motifs is 5. The molecule has 7 fully saturated rings. The fourth-order valence-electron chi connectivity index (χ4n) is 15.6. The number of unbranched alkanes of at least 4 members (excludes halogenated alkanes) is 1. The van der Waals surface area contributed by atoms with Crippen molar-refractivity contribution in [3.05, 3.63) is 35.4 Å². The number of carbonyl (C=O) groups is 11. The topological polar surface area (TPSA) is 428 Å². The zero-order chi connectivity index (χ0) is 70.7. The maximum atomic E-state index is 15.2. The molecule has 5 aliphatic heterocycles. The van der Waals surface area contributed by atoms with Crippen molar-refractivity contribution in [3.8, 4) is 0 Å². The molecule has 9 unspecified atom stereocenters. The molecule has 99 heavy (non-hydrogen) atoms. The van der Waals surface area contributed by atoms with E-state index in [2.05, 4.69) is 63.8 Å². The number of aliphatic hydroxyl groups excluding tert-OH is 1. The molecular formula is C67H103F2N15O13S2. The molecule has 1 aromatic carbocycles. The Labute approximate surface area is 585 Å². The number of benzene rings is 1. The predicted molar refractivity (Wildman–Crippen MR) is 366 cm³/mol. The van der Waals surface area contributed by atoms with E-state index >= 15 is 18.4 Å². The number of carboxylic acid groups (broad SMARTS) is 1. The van der Waals surface area contributed by atoms with Crippen LogP contribution in [0.1, 0.15) is 140 Å². The van der Waals surface area contributed by atoms with Gasteiger partial charge in [0, 0.05) is 67.3 Å². The van der Waals surface area contributed by atoms with Crippen LogP contribution in [0.15, 0.2) is 24.3 Å². The average Bonchev–Trinajstić information content (AvgIpc) is 1.70. The monoisotopic (exact) mass is 1430 g/mol. The van der Waals surface area contributed by atoms with E-state index < -0.39 is 157 Å². The van der Waals surface area contributed by atoms with Gasteiger partial charge in [0.2, 0.25) is 59.1 Å². The van der Waals surface area contributed by atoms with Crippen LogP contribution in [-0.2, 0) is 64.2 Å². The lowest BCUT2D eigenvalue weighted by Crippen LogP contribution is -2.65. The summed E-state index contributed by atoms with van der Waals surface area (Å²) in [5.41, 5.74) is 13.5. The molecule has 1 aromatic rings. The van der Waals surface area contributed by atoms with Gasteiger partial charge in [0.1, 0.15) is 60.7 Å².